The fourth-order valence-corrected chi connectivity index (χ4v) is 3.07. The highest BCUT2D eigenvalue weighted by Crippen LogP contribution is 2.19. The number of hydrogen-bond donors (Lipinski definition) is 1. The van der Waals surface area contributed by atoms with Gasteiger partial charge in [-0.25, -0.2) is 0 Å². The van der Waals surface area contributed by atoms with Crippen LogP contribution < -0.4 is 5.32 Å². The van der Waals surface area contributed by atoms with Crippen LogP contribution in [0.15, 0.2) is 24.3 Å². The van der Waals surface area contributed by atoms with Crippen molar-refractivity contribution in [1.29, 1.82) is 0 Å². The number of carbonyl (C=O) groups excluding carboxylic acids is 2. The van der Waals surface area contributed by atoms with Crippen molar-refractivity contribution in [3.8, 4) is 0 Å². The quantitative estimate of drug-likeness (QED) is 0.908. The summed E-state index contributed by atoms with van der Waals surface area (Å²) in [6.45, 7) is 3.63. The zero-order valence-corrected chi connectivity index (χ0v) is 14.3. The molecule has 23 heavy (non-hydrogen) atoms. The van der Waals surface area contributed by atoms with E-state index >= 15 is 0 Å². The van der Waals surface area contributed by atoms with Crippen molar-refractivity contribution in [3.63, 3.8) is 0 Å². The molecule has 1 saturated heterocycles. The van der Waals surface area contributed by atoms with E-state index in [0.717, 1.165) is 18.7 Å². The zero-order valence-electron chi connectivity index (χ0n) is 14.3. The van der Waals surface area contributed by atoms with Crippen molar-refractivity contribution in [2.75, 3.05) is 32.5 Å². The average molecular weight is 317 g/mol. The largest absolute Gasteiger partial charge is 0.345 e. The van der Waals surface area contributed by atoms with E-state index in [4.69, 9.17) is 0 Å². The summed E-state index contributed by atoms with van der Waals surface area (Å²) < 4.78 is 0. The Morgan fingerprint density at radius 3 is 2.52 bits per heavy atom. The topological polar surface area (TPSA) is 52.7 Å². The van der Waals surface area contributed by atoms with E-state index in [9.17, 15) is 9.59 Å². The van der Waals surface area contributed by atoms with Gasteiger partial charge in [0.25, 0.3) is 5.91 Å². The first kappa shape index (κ1) is 17.5. The Morgan fingerprint density at radius 2 is 1.91 bits per heavy atom. The minimum absolute atomic E-state index is 0.0111. The second kappa shape index (κ2) is 8.11. The van der Waals surface area contributed by atoms with Crippen LogP contribution in [0.1, 0.15) is 43.0 Å². The van der Waals surface area contributed by atoms with Crippen LogP contribution in [0.5, 0.6) is 0 Å². The van der Waals surface area contributed by atoms with Crippen molar-refractivity contribution >= 4 is 17.5 Å². The maximum absolute atomic E-state index is 12.2. The standard InChI is InChI=1S/C18H27N3O2/c1-4-16-7-5-6-12-21(16)13-17(22)19-15-10-8-14(9-11-15)18(23)20(2)3/h8-11,16H,4-7,12-13H2,1-3H3,(H,19,22). The van der Waals surface area contributed by atoms with Crippen molar-refractivity contribution < 1.29 is 9.59 Å². The zero-order chi connectivity index (χ0) is 16.8. The Balaban J connectivity index is 1.91. The molecule has 5 nitrogen and oxygen atoms in total. The molecule has 0 aromatic heterocycles. The summed E-state index contributed by atoms with van der Waals surface area (Å²) in [5.41, 5.74) is 1.35. The van der Waals surface area contributed by atoms with Gasteiger partial charge in [-0.15, -0.1) is 0 Å². The highest BCUT2D eigenvalue weighted by Gasteiger charge is 2.22. The van der Waals surface area contributed by atoms with Crippen LogP contribution in [0.3, 0.4) is 0 Å². The summed E-state index contributed by atoms with van der Waals surface area (Å²) in [5, 5.41) is 2.92. The summed E-state index contributed by atoms with van der Waals surface area (Å²) in [7, 11) is 3.45. The molecule has 1 N–H and O–H groups in total. The normalized spacial score (nSPS) is 18.5. The predicted octanol–water partition coefficient (Wildman–Crippen LogP) is 2.59. The third kappa shape index (κ3) is 4.79. The van der Waals surface area contributed by atoms with Gasteiger partial charge in [0.05, 0.1) is 6.54 Å². The predicted molar refractivity (Wildman–Crippen MR) is 92.6 cm³/mol. The summed E-state index contributed by atoms with van der Waals surface area (Å²) in [5.74, 6) is -0.0287. The number of anilines is 1. The van der Waals surface area contributed by atoms with Crippen LogP contribution in [0.4, 0.5) is 5.69 Å². The summed E-state index contributed by atoms with van der Waals surface area (Å²) in [6.07, 6.45) is 4.71. The van der Waals surface area contributed by atoms with E-state index in [1.807, 2.05) is 0 Å². The molecule has 1 aromatic carbocycles. The Morgan fingerprint density at radius 1 is 1.22 bits per heavy atom. The Hall–Kier alpha value is -1.88. The number of amides is 2. The smallest absolute Gasteiger partial charge is 0.253 e. The Labute approximate surface area is 138 Å². The van der Waals surface area contributed by atoms with Gasteiger partial charge >= 0.3 is 0 Å². The number of carbonyl (C=O) groups is 2. The SMILES string of the molecule is CCC1CCCCN1CC(=O)Nc1ccc(C(=O)N(C)C)cc1. The van der Waals surface area contributed by atoms with Crippen LogP contribution in [0.2, 0.25) is 0 Å². The number of piperidine rings is 1. The molecule has 0 spiro atoms. The van der Waals surface area contributed by atoms with Gasteiger partial charge in [0, 0.05) is 31.4 Å². The van der Waals surface area contributed by atoms with E-state index in [1.54, 1.807) is 38.4 Å². The molecule has 1 atom stereocenters. The second-order valence-corrected chi connectivity index (χ2v) is 6.35. The molecule has 126 valence electrons. The van der Waals surface area contributed by atoms with Crippen LogP contribution in [0.25, 0.3) is 0 Å². The number of hydrogen-bond acceptors (Lipinski definition) is 3. The van der Waals surface area contributed by atoms with Gasteiger partial charge < -0.3 is 10.2 Å². The van der Waals surface area contributed by atoms with E-state index in [1.165, 1.54) is 24.2 Å². The van der Waals surface area contributed by atoms with Gasteiger partial charge in [0.15, 0.2) is 0 Å². The van der Waals surface area contributed by atoms with Crippen LogP contribution in [0, 0.1) is 0 Å². The van der Waals surface area contributed by atoms with Crippen LogP contribution in [-0.4, -0.2) is 54.8 Å². The number of rotatable bonds is 5. The number of nitrogens with one attached hydrogen (secondary N) is 1. The minimum Gasteiger partial charge on any atom is -0.345 e. The lowest BCUT2D eigenvalue weighted by atomic mass is 10.00. The number of likely N-dealkylation sites (tertiary alicyclic amines) is 1. The minimum atomic E-state index is -0.0398. The highest BCUT2D eigenvalue weighted by molar-refractivity contribution is 5.96. The maximum atomic E-state index is 12.2. The van der Waals surface area contributed by atoms with E-state index in [-0.39, 0.29) is 11.8 Å². The molecule has 0 bridgehead atoms. The van der Waals surface area contributed by atoms with E-state index < -0.39 is 0 Å². The first-order valence-electron chi connectivity index (χ1n) is 8.37. The summed E-state index contributed by atoms with van der Waals surface area (Å²) in [6, 6.07) is 7.57. The van der Waals surface area contributed by atoms with Crippen LogP contribution >= 0.6 is 0 Å². The van der Waals surface area contributed by atoms with Crippen molar-refractivity contribution in [3.05, 3.63) is 29.8 Å². The lowest BCUT2D eigenvalue weighted by Gasteiger charge is -2.34. The molecule has 5 heteroatoms. The fourth-order valence-electron chi connectivity index (χ4n) is 3.07. The van der Waals surface area contributed by atoms with Gasteiger partial charge in [-0.05, 0) is 50.1 Å². The molecular formula is C18H27N3O2. The molecular weight excluding hydrogens is 290 g/mol. The van der Waals surface area contributed by atoms with Crippen molar-refractivity contribution in [1.82, 2.24) is 9.80 Å². The average Bonchev–Trinajstić information content (AvgIpc) is 2.55. The first-order valence-corrected chi connectivity index (χ1v) is 8.37. The molecule has 0 aliphatic carbocycles. The number of benzene rings is 1. The molecule has 0 saturated carbocycles. The number of nitrogens with zero attached hydrogens (tertiary/aromatic N) is 2. The second-order valence-electron chi connectivity index (χ2n) is 6.35. The fraction of sp³-hybridized carbons (Fsp3) is 0.556. The first-order chi connectivity index (χ1) is 11.0. The maximum Gasteiger partial charge on any atom is 0.253 e. The monoisotopic (exact) mass is 317 g/mol. The van der Waals surface area contributed by atoms with Gasteiger partial charge in [0.1, 0.15) is 0 Å². The third-order valence-electron chi connectivity index (χ3n) is 4.39. The highest BCUT2D eigenvalue weighted by atomic mass is 16.2. The van der Waals surface area contributed by atoms with Gasteiger partial charge in [-0.2, -0.15) is 0 Å². The molecule has 1 aliphatic rings. The third-order valence-corrected chi connectivity index (χ3v) is 4.39. The molecule has 1 fully saturated rings. The molecule has 1 aliphatic heterocycles. The lowest BCUT2D eigenvalue weighted by molar-refractivity contribution is -0.118. The van der Waals surface area contributed by atoms with E-state index in [0.29, 0.717) is 18.2 Å². The van der Waals surface area contributed by atoms with Crippen molar-refractivity contribution in [2.45, 2.75) is 38.6 Å². The van der Waals surface area contributed by atoms with Gasteiger partial charge in [-0.3, -0.25) is 14.5 Å². The van der Waals surface area contributed by atoms with Gasteiger partial charge in [0.2, 0.25) is 5.91 Å². The van der Waals surface area contributed by atoms with E-state index in [2.05, 4.69) is 17.1 Å². The Kier molecular flexibility index (Phi) is 6.16. The van der Waals surface area contributed by atoms with Crippen molar-refractivity contribution in [2.24, 2.45) is 0 Å². The summed E-state index contributed by atoms with van der Waals surface area (Å²) >= 11 is 0. The molecule has 1 aromatic rings. The molecule has 1 unspecified atom stereocenters. The Bertz CT molecular complexity index is 540. The molecule has 2 amide bonds. The van der Waals surface area contributed by atoms with Gasteiger partial charge in [-0.1, -0.05) is 13.3 Å². The summed E-state index contributed by atoms with van der Waals surface area (Å²) in [4.78, 5) is 27.9. The molecule has 2 rings (SSSR count). The van der Waals surface area contributed by atoms with Crippen LogP contribution in [-0.2, 0) is 4.79 Å². The molecule has 1 heterocycles. The molecule has 0 radical (unpaired) electrons. The lowest BCUT2D eigenvalue weighted by Crippen LogP contribution is -2.43.